The lowest BCUT2D eigenvalue weighted by atomic mass is 9.85. The fourth-order valence-electron chi connectivity index (χ4n) is 2.06. The molecule has 0 aliphatic heterocycles. The average molecular weight is 229 g/mol. The van der Waals surface area contributed by atoms with Gasteiger partial charge >= 0.3 is 0 Å². The van der Waals surface area contributed by atoms with E-state index in [9.17, 15) is 0 Å². The molecule has 3 heteroatoms. The number of hydrogen-bond donors (Lipinski definition) is 2. The van der Waals surface area contributed by atoms with Gasteiger partial charge in [0.25, 0.3) is 0 Å². The van der Waals surface area contributed by atoms with Crippen LogP contribution in [-0.2, 0) is 5.41 Å². The summed E-state index contributed by atoms with van der Waals surface area (Å²) in [5.41, 5.74) is 6.06. The molecule has 0 bridgehead atoms. The summed E-state index contributed by atoms with van der Waals surface area (Å²) < 4.78 is 0. The van der Waals surface area contributed by atoms with Gasteiger partial charge < -0.3 is 5.43 Å². The van der Waals surface area contributed by atoms with Crippen molar-refractivity contribution >= 4 is 16.7 Å². The van der Waals surface area contributed by atoms with Crippen LogP contribution in [0.4, 0.5) is 5.82 Å². The minimum atomic E-state index is 0.0770. The number of nitrogens with two attached hydrogens (primary N) is 1. The number of aryl methyl sites for hydroxylation is 1. The second kappa shape index (κ2) is 4.00. The lowest BCUT2D eigenvalue weighted by molar-refractivity contribution is 0.594. The fraction of sp³-hybridized carbons (Fsp3) is 0.357. The van der Waals surface area contributed by atoms with E-state index in [1.165, 1.54) is 5.56 Å². The minimum Gasteiger partial charge on any atom is -0.308 e. The molecule has 0 unspecified atom stereocenters. The minimum absolute atomic E-state index is 0.0770. The number of pyridine rings is 1. The Balaban J connectivity index is 2.79. The van der Waals surface area contributed by atoms with Crippen molar-refractivity contribution in [2.24, 2.45) is 5.84 Å². The molecule has 0 saturated heterocycles. The van der Waals surface area contributed by atoms with Crippen LogP contribution in [0.25, 0.3) is 10.9 Å². The van der Waals surface area contributed by atoms with Crippen molar-refractivity contribution in [1.82, 2.24) is 4.98 Å². The zero-order valence-electron chi connectivity index (χ0n) is 10.8. The maximum absolute atomic E-state index is 5.49. The molecule has 1 aromatic heterocycles. The average Bonchev–Trinajstić information content (AvgIpc) is 2.25. The highest BCUT2D eigenvalue weighted by Gasteiger charge is 2.18. The summed E-state index contributed by atoms with van der Waals surface area (Å²) >= 11 is 0. The first-order valence-corrected chi connectivity index (χ1v) is 5.81. The molecule has 3 N–H and O–H groups in total. The highest BCUT2D eigenvalue weighted by Crippen LogP contribution is 2.30. The summed E-state index contributed by atoms with van der Waals surface area (Å²) in [6, 6.07) is 8.42. The van der Waals surface area contributed by atoms with Crippen LogP contribution in [0.1, 0.15) is 31.9 Å². The summed E-state index contributed by atoms with van der Waals surface area (Å²) in [6.07, 6.45) is 0. The Morgan fingerprint density at radius 1 is 1.24 bits per heavy atom. The predicted molar refractivity (Wildman–Crippen MR) is 73.0 cm³/mol. The maximum Gasteiger partial charge on any atom is 0.143 e. The van der Waals surface area contributed by atoms with Crippen LogP contribution < -0.4 is 11.3 Å². The van der Waals surface area contributed by atoms with Crippen LogP contribution in [0, 0.1) is 6.92 Å². The molecule has 90 valence electrons. The molecule has 2 aromatic rings. The number of anilines is 1. The first-order valence-electron chi connectivity index (χ1n) is 5.81. The van der Waals surface area contributed by atoms with Gasteiger partial charge in [-0.25, -0.2) is 10.8 Å². The van der Waals surface area contributed by atoms with Crippen LogP contribution >= 0.6 is 0 Å². The van der Waals surface area contributed by atoms with Gasteiger partial charge in [-0.3, -0.25) is 0 Å². The third kappa shape index (κ3) is 2.11. The molecule has 3 nitrogen and oxygen atoms in total. The number of para-hydroxylation sites is 1. The van der Waals surface area contributed by atoms with E-state index < -0.39 is 0 Å². The lowest BCUT2D eigenvalue weighted by Gasteiger charge is -2.21. The van der Waals surface area contributed by atoms with Crippen molar-refractivity contribution < 1.29 is 0 Å². The van der Waals surface area contributed by atoms with Crippen molar-refractivity contribution in [3.63, 3.8) is 0 Å². The molecule has 0 amide bonds. The number of benzene rings is 1. The third-order valence-corrected chi connectivity index (χ3v) is 2.98. The smallest absolute Gasteiger partial charge is 0.143 e. The third-order valence-electron chi connectivity index (χ3n) is 2.98. The molecule has 0 aliphatic rings. The summed E-state index contributed by atoms with van der Waals surface area (Å²) in [6.45, 7) is 8.59. The first-order chi connectivity index (χ1) is 7.93. The zero-order chi connectivity index (χ0) is 12.6. The van der Waals surface area contributed by atoms with Gasteiger partial charge in [-0.05, 0) is 29.5 Å². The lowest BCUT2D eigenvalue weighted by Crippen LogP contribution is -2.14. The number of nitrogen functional groups attached to an aromatic ring is 1. The van der Waals surface area contributed by atoms with Gasteiger partial charge in [0.2, 0.25) is 0 Å². The van der Waals surface area contributed by atoms with Crippen LogP contribution in [0.2, 0.25) is 0 Å². The molecular formula is C14H19N3. The van der Waals surface area contributed by atoms with Gasteiger partial charge in [-0.15, -0.1) is 0 Å². The summed E-state index contributed by atoms with van der Waals surface area (Å²) in [5, 5.41) is 1.16. The van der Waals surface area contributed by atoms with Crippen molar-refractivity contribution in [1.29, 1.82) is 0 Å². The van der Waals surface area contributed by atoms with Gasteiger partial charge in [-0.2, -0.15) is 0 Å². The van der Waals surface area contributed by atoms with E-state index in [2.05, 4.69) is 55.4 Å². The number of hydrogen-bond acceptors (Lipinski definition) is 3. The molecule has 2 rings (SSSR count). The molecular weight excluding hydrogens is 210 g/mol. The van der Waals surface area contributed by atoms with E-state index >= 15 is 0 Å². The standard InChI is InChI=1S/C14H19N3/c1-9-8-10-6-5-7-11(14(2,3)4)12(10)16-13(9)17-15/h5-8H,15H2,1-4H3,(H,16,17). The van der Waals surface area contributed by atoms with Crippen molar-refractivity contribution in [2.45, 2.75) is 33.1 Å². The highest BCUT2D eigenvalue weighted by atomic mass is 15.2. The Bertz CT molecular complexity index is 553. The van der Waals surface area contributed by atoms with Gasteiger partial charge in [0.15, 0.2) is 0 Å². The zero-order valence-corrected chi connectivity index (χ0v) is 10.8. The SMILES string of the molecule is Cc1cc2cccc(C(C)(C)C)c2nc1NN. The summed E-state index contributed by atoms with van der Waals surface area (Å²) in [5.74, 6) is 6.23. The van der Waals surface area contributed by atoms with Gasteiger partial charge in [0.05, 0.1) is 5.52 Å². The van der Waals surface area contributed by atoms with E-state index in [0.29, 0.717) is 0 Å². The fourth-order valence-corrected chi connectivity index (χ4v) is 2.06. The molecule has 0 atom stereocenters. The van der Waals surface area contributed by atoms with E-state index in [1.807, 2.05) is 6.92 Å². The number of hydrazine groups is 1. The topological polar surface area (TPSA) is 50.9 Å². The van der Waals surface area contributed by atoms with Crippen LogP contribution in [0.3, 0.4) is 0 Å². The molecule has 0 saturated carbocycles. The molecule has 0 radical (unpaired) electrons. The van der Waals surface area contributed by atoms with E-state index in [-0.39, 0.29) is 5.41 Å². The quantitative estimate of drug-likeness (QED) is 0.583. The molecule has 17 heavy (non-hydrogen) atoms. The second-order valence-corrected chi connectivity index (χ2v) is 5.43. The second-order valence-electron chi connectivity index (χ2n) is 5.43. The number of nitrogens with zero attached hydrogens (tertiary/aromatic N) is 1. The van der Waals surface area contributed by atoms with Gasteiger partial charge in [0.1, 0.15) is 5.82 Å². The first kappa shape index (κ1) is 11.9. The van der Waals surface area contributed by atoms with Gasteiger partial charge in [0, 0.05) is 5.39 Å². The Morgan fingerprint density at radius 2 is 1.94 bits per heavy atom. The highest BCUT2D eigenvalue weighted by molar-refractivity contribution is 5.85. The van der Waals surface area contributed by atoms with E-state index in [0.717, 1.165) is 22.3 Å². The molecule has 1 aromatic carbocycles. The number of nitrogens with one attached hydrogen (secondary N) is 1. The Labute approximate surface area is 102 Å². The van der Waals surface area contributed by atoms with Crippen LogP contribution in [0.15, 0.2) is 24.3 Å². The van der Waals surface area contributed by atoms with Crippen LogP contribution in [0.5, 0.6) is 0 Å². The maximum atomic E-state index is 5.49. The number of fused-ring (bicyclic) bond motifs is 1. The normalized spacial score (nSPS) is 11.8. The predicted octanol–water partition coefficient (Wildman–Crippen LogP) is 3.13. The summed E-state index contributed by atoms with van der Waals surface area (Å²) in [4.78, 5) is 4.62. The van der Waals surface area contributed by atoms with Crippen molar-refractivity contribution in [2.75, 3.05) is 5.43 Å². The monoisotopic (exact) mass is 229 g/mol. The summed E-state index contributed by atoms with van der Waals surface area (Å²) in [7, 11) is 0. The Hall–Kier alpha value is -1.61. The van der Waals surface area contributed by atoms with Crippen molar-refractivity contribution in [3.8, 4) is 0 Å². The molecule has 0 spiro atoms. The Kier molecular flexibility index (Phi) is 2.79. The van der Waals surface area contributed by atoms with Gasteiger partial charge in [-0.1, -0.05) is 39.0 Å². The van der Waals surface area contributed by atoms with E-state index in [1.54, 1.807) is 0 Å². The van der Waals surface area contributed by atoms with Crippen LogP contribution in [-0.4, -0.2) is 4.98 Å². The largest absolute Gasteiger partial charge is 0.308 e. The Morgan fingerprint density at radius 3 is 2.53 bits per heavy atom. The van der Waals surface area contributed by atoms with E-state index in [4.69, 9.17) is 5.84 Å². The molecule has 0 fully saturated rings. The number of aromatic nitrogens is 1. The number of rotatable bonds is 1. The molecule has 1 heterocycles. The van der Waals surface area contributed by atoms with Crippen molar-refractivity contribution in [3.05, 3.63) is 35.4 Å². The molecule has 0 aliphatic carbocycles.